The van der Waals surface area contributed by atoms with Crippen LogP contribution in [0.25, 0.3) is 0 Å². The zero-order valence-electron chi connectivity index (χ0n) is 9.77. The van der Waals surface area contributed by atoms with Crippen LogP contribution in [0, 0.1) is 18.6 Å². The summed E-state index contributed by atoms with van der Waals surface area (Å²) in [6.07, 6.45) is 0.460. The van der Waals surface area contributed by atoms with Crippen molar-refractivity contribution in [3.05, 3.63) is 29.3 Å². The molecule has 0 spiro atoms. The molecule has 0 saturated carbocycles. The van der Waals surface area contributed by atoms with Gasteiger partial charge >= 0.3 is 0 Å². The highest BCUT2D eigenvalue weighted by atomic mass is 19.1. The second-order valence-electron chi connectivity index (χ2n) is 4.57. The number of halogens is 2. The van der Waals surface area contributed by atoms with Crippen molar-refractivity contribution in [3.63, 3.8) is 0 Å². The summed E-state index contributed by atoms with van der Waals surface area (Å²) in [5.41, 5.74) is -0.398. The summed E-state index contributed by atoms with van der Waals surface area (Å²) in [4.78, 5) is 0. The Morgan fingerprint density at radius 2 is 1.88 bits per heavy atom. The molecule has 2 nitrogen and oxygen atoms in total. The van der Waals surface area contributed by atoms with E-state index in [1.54, 1.807) is 13.8 Å². The van der Waals surface area contributed by atoms with Gasteiger partial charge in [0.05, 0.1) is 11.3 Å². The molecule has 0 aromatic heterocycles. The molecule has 90 valence electrons. The molecule has 1 aromatic rings. The van der Waals surface area contributed by atoms with Gasteiger partial charge in [-0.2, -0.15) is 0 Å². The lowest BCUT2D eigenvalue weighted by Gasteiger charge is -2.17. The zero-order chi connectivity index (χ0) is 12.3. The van der Waals surface area contributed by atoms with Crippen molar-refractivity contribution in [1.29, 1.82) is 0 Å². The van der Waals surface area contributed by atoms with Gasteiger partial charge in [0.1, 0.15) is 11.6 Å². The van der Waals surface area contributed by atoms with Crippen molar-refractivity contribution < 1.29 is 13.9 Å². The van der Waals surface area contributed by atoms with E-state index in [0.29, 0.717) is 13.0 Å². The van der Waals surface area contributed by atoms with Crippen LogP contribution in [-0.2, 0) is 0 Å². The Morgan fingerprint density at radius 1 is 1.25 bits per heavy atom. The first-order chi connectivity index (χ1) is 7.29. The maximum absolute atomic E-state index is 13.4. The van der Waals surface area contributed by atoms with E-state index in [4.69, 9.17) is 0 Å². The number of benzene rings is 1. The second kappa shape index (κ2) is 4.78. The number of aryl methyl sites for hydroxylation is 1. The van der Waals surface area contributed by atoms with Crippen molar-refractivity contribution in [3.8, 4) is 0 Å². The van der Waals surface area contributed by atoms with Crippen LogP contribution in [0.1, 0.15) is 25.8 Å². The minimum Gasteiger partial charge on any atom is -0.390 e. The van der Waals surface area contributed by atoms with Crippen LogP contribution in [0.4, 0.5) is 14.5 Å². The Bertz CT molecular complexity index is 372. The molecular weight excluding hydrogens is 212 g/mol. The van der Waals surface area contributed by atoms with Crippen LogP contribution in [0.15, 0.2) is 12.1 Å². The minimum absolute atomic E-state index is 0.132. The third-order valence-corrected chi connectivity index (χ3v) is 2.30. The van der Waals surface area contributed by atoms with Gasteiger partial charge in [0.15, 0.2) is 0 Å². The van der Waals surface area contributed by atoms with E-state index in [1.165, 1.54) is 6.92 Å². The first-order valence-corrected chi connectivity index (χ1v) is 5.21. The molecule has 0 bridgehead atoms. The Kier molecular flexibility index (Phi) is 3.86. The van der Waals surface area contributed by atoms with E-state index in [1.807, 2.05) is 0 Å². The second-order valence-corrected chi connectivity index (χ2v) is 4.57. The molecule has 0 radical (unpaired) electrons. The lowest BCUT2D eigenvalue weighted by molar-refractivity contribution is 0.0748. The number of aliphatic hydroxyl groups is 1. The van der Waals surface area contributed by atoms with Gasteiger partial charge in [-0.1, -0.05) is 0 Å². The number of nitrogens with one attached hydrogen (secondary N) is 1. The molecule has 1 aromatic carbocycles. The monoisotopic (exact) mass is 229 g/mol. The zero-order valence-corrected chi connectivity index (χ0v) is 9.77. The molecule has 0 amide bonds. The first kappa shape index (κ1) is 12.9. The largest absolute Gasteiger partial charge is 0.390 e. The predicted octanol–water partition coefficient (Wildman–Crippen LogP) is 2.85. The van der Waals surface area contributed by atoms with Gasteiger partial charge in [-0.25, -0.2) is 8.78 Å². The lowest BCUT2D eigenvalue weighted by atomic mass is 10.1. The summed E-state index contributed by atoms with van der Waals surface area (Å²) in [6.45, 7) is 5.24. The molecule has 1 rings (SSSR count). The maximum Gasteiger partial charge on any atom is 0.146 e. The average Bonchev–Trinajstić information content (AvgIpc) is 2.11. The van der Waals surface area contributed by atoms with Crippen LogP contribution in [0.2, 0.25) is 0 Å². The Labute approximate surface area is 94.3 Å². The number of hydrogen-bond acceptors (Lipinski definition) is 2. The van der Waals surface area contributed by atoms with Crippen LogP contribution >= 0.6 is 0 Å². The Balaban J connectivity index is 2.64. The van der Waals surface area contributed by atoms with Crippen LogP contribution in [-0.4, -0.2) is 17.3 Å². The molecule has 2 N–H and O–H groups in total. The third kappa shape index (κ3) is 3.77. The van der Waals surface area contributed by atoms with Gasteiger partial charge < -0.3 is 10.4 Å². The molecule has 0 aliphatic heterocycles. The number of anilines is 1. The van der Waals surface area contributed by atoms with E-state index in [-0.39, 0.29) is 11.3 Å². The third-order valence-electron chi connectivity index (χ3n) is 2.30. The molecule has 4 heteroatoms. The minimum atomic E-state index is -0.813. The Morgan fingerprint density at radius 3 is 2.44 bits per heavy atom. The van der Waals surface area contributed by atoms with Gasteiger partial charge in [0.25, 0.3) is 0 Å². The molecule has 0 unspecified atom stereocenters. The van der Waals surface area contributed by atoms with Gasteiger partial charge in [-0.05, 0) is 38.8 Å². The fourth-order valence-electron chi connectivity index (χ4n) is 1.28. The highest BCUT2D eigenvalue weighted by molar-refractivity contribution is 5.46. The standard InChI is InChI=1S/C12H17F2NO/c1-8-6-10(14)11(7-9(8)13)15-5-4-12(2,3)16/h6-7,15-16H,4-5H2,1-3H3. The highest BCUT2D eigenvalue weighted by Crippen LogP contribution is 2.19. The van der Waals surface area contributed by atoms with Crippen molar-refractivity contribution in [2.75, 3.05) is 11.9 Å². The molecule has 16 heavy (non-hydrogen) atoms. The molecule has 0 saturated heterocycles. The summed E-state index contributed by atoms with van der Waals surface area (Å²) in [7, 11) is 0. The fourth-order valence-corrected chi connectivity index (χ4v) is 1.28. The highest BCUT2D eigenvalue weighted by Gasteiger charge is 2.12. The summed E-state index contributed by atoms with van der Waals surface area (Å²) >= 11 is 0. The maximum atomic E-state index is 13.4. The predicted molar refractivity (Wildman–Crippen MR) is 60.5 cm³/mol. The van der Waals surface area contributed by atoms with Gasteiger partial charge in [-0.15, -0.1) is 0 Å². The number of hydrogen-bond donors (Lipinski definition) is 2. The lowest BCUT2D eigenvalue weighted by Crippen LogP contribution is -2.22. The average molecular weight is 229 g/mol. The first-order valence-electron chi connectivity index (χ1n) is 5.21. The SMILES string of the molecule is Cc1cc(F)c(NCCC(C)(C)O)cc1F. The quantitative estimate of drug-likeness (QED) is 0.832. The molecule has 0 aliphatic carbocycles. The molecule has 0 atom stereocenters. The summed E-state index contributed by atoms with van der Waals surface area (Å²) in [6, 6.07) is 2.29. The van der Waals surface area contributed by atoms with Crippen molar-refractivity contribution in [2.45, 2.75) is 32.8 Å². The molecular formula is C12H17F2NO. The van der Waals surface area contributed by atoms with Crippen LogP contribution < -0.4 is 5.32 Å². The Hall–Kier alpha value is -1.16. The van der Waals surface area contributed by atoms with Gasteiger partial charge in [0, 0.05) is 12.6 Å². The van der Waals surface area contributed by atoms with E-state index in [0.717, 1.165) is 12.1 Å². The normalized spacial score (nSPS) is 11.6. The van der Waals surface area contributed by atoms with E-state index >= 15 is 0 Å². The smallest absolute Gasteiger partial charge is 0.146 e. The topological polar surface area (TPSA) is 32.3 Å². The van der Waals surface area contributed by atoms with Gasteiger partial charge in [0.2, 0.25) is 0 Å². The fraction of sp³-hybridized carbons (Fsp3) is 0.500. The van der Waals surface area contributed by atoms with Crippen molar-refractivity contribution >= 4 is 5.69 Å². The summed E-state index contributed by atoms with van der Waals surface area (Å²) in [5.74, 6) is -0.915. The van der Waals surface area contributed by atoms with Crippen molar-refractivity contribution in [1.82, 2.24) is 0 Å². The van der Waals surface area contributed by atoms with E-state index in [9.17, 15) is 13.9 Å². The van der Waals surface area contributed by atoms with Crippen molar-refractivity contribution in [2.24, 2.45) is 0 Å². The van der Waals surface area contributed by atoms with Crippen LogP contribution in [0.5, 0.6) is 0 Å². The van der Waals surface area contributed by atoms with Gasteiger partial charge in [-0.3, -0.25) is 0 Å². The van der Waals surface area contributed by atoms with Crippen LogP contribution in [0.3, 0.4) is 0 Å². The molecule has 0 heterocycles. The molecule has 0 aliphatic rings. The number of rotatable bonds is 4. The summed E-state index contributed by atoms with van der Waals surface area (Å²) < 4.78 is 26.5. The summed E-state index contributed by atoms with van der Waals surface area (Å²) in [5, 5.41) is 12.2. The molecule has 0 fully saturated rings. The van der Waals surface area contributed by atoms with E-state index in [2.05, 4.69) is 5.32 Å². The van der Waals surface area contributed by atoms with E-state index < -0.39 is 17.2 Å².